The number of amides is 1. The van der Waals surface area contributed by atoms with Crippen LogP contribution in [0.3, 0.4) is 0 Å². The van der Waals surface area contributed by atoms with Gasteiger partial charge < -0.3 is 15.4 Å². The average molecular weight is 339 g/mol. The molecule has 1 saturated carbocycles. The van der Waals surface area contributed by atoms with Crippen molar-refractivity contribution < 1.29 is 9.53 Å². The Balaban J connectivity index is 0.00000192. The van der Waals surface area contributed by atoms with Crippen LogP contribution in [0.25, 0.3) is 0 Å². The first-order valence-electron chi connectivity index (χ1n) is 8.42. The number of carbonyl (C=O) groups excluding carboxylic acids is 1. The summed E-state index contributed by atoms with van der Waals surface area (Å²) in [5.74, 6) is 0.747. The lowest BCUT2D eigenvalue weighted by Gasteiger charge is -2.37. The first kappa shape index (κ1) is 18.2. The molecule has 1 aliphatic heterocycles. The summed E-state index contributed by atoms with van der Waals surface area (Å²) in [5.41, 5.74) is 1.01. The number of ether oxygens (including phenoxy) is 1. The van der Waals surface area contributed by atoms with Crippen molar-refractivity contribution in [2.75, 3.05) is 26.2 Å². The molecule has 1 aromatic carbocycles. The van der Waals surface area contributed by atoms with Crippen molar-refractivity contribution in [2.24, 2.45) is 11.3 Å². The Morgan fingerprint density at radius 3 is 2.96 bits per heavy atom. The van der Waals surface area contributed by atoms with Crippen LogP contribution in [-0.2, 0) is 16.1 Å². The molecule has 23 heavy (non-hydrogen) atoms. The molecule has 3 rings (SSSR count). The van der Waals surface area contributed by atoms with Gasteiger partial charge in [-0.05, 0) is 30.9 Å². The monoisotopic (exact) mass is 338 g/mol. The van der Waals surface area contributed by atoms with Gasteiger partial charge in [0.05, 0.1) is 18.6 Å². The summed E-state index contributed by atoms with van der Waals surface area (Å²) in [7, 11) is 0. The highest BCUT2D eigenvalue weighted by Gasteiger charge is 2.49. The molecule has 0 aromatic heterocycles. The highest BCUT2D eigenvalue weighted by molar-refractivity contribution is 5.85. The molecule has 4 nitrogen and oxygen atoms in total. The Kier molecular flexibility index (Phi) is 6.88. The molecule has 128 valence electrons. The molecule has 1 saturated heterocycles. The number of nitrogens with one attached hydrogen (secondary N) is 2. The fourth-order valence-electron chi connectivity index (χ4n) is 3.87. The van der Waals surface area contributed by atoms with Crippen molar-refractivity contribution in [1.29, 1.82) is 0 Å². The number of halogens is 1. The summed E-state index contributed by atoms with van der Waals surface area (Å²) in [6, 6.07) is 10.1. The number of hydrogen-bond donors (Lipinski definition) is 2. The molecule has 0 radical (unpaired) electrons. The maximum atomic E-state index is 12.6. The van der Waals surface area contributed by atoms with Gasteiger partial charge in [-0.3, -0.25) is 4.79 Å². The fraction of sp³-hybridized carbons (Fsp3) is 0.611. The lowest BCUT2D eigenvalue weighted by atomic mass is 9.67. The van der Waals surface area contributed by atoms with Crippen LogP contribution in [0.1, 0.15) is 31.2 Å². The summed E-state index contributed by atoms with van der Waals surface area (Å²) < 4.78 is 5.64. The number of carbonyl (C=O) groups is 1. The van der Waals surface area contributed by atoms with E-state index in [0.717, 1.165) is 19.5 Å². The molecular weight excluding hydrogens is 312 g/mol. The summed E-state index contributed by atoms with van der Waals surface area (Å²) in [6.45, 7) is 3.60. The van der Waals surface area contributed by atoms with Crippen LogP contribution < -0.4 is 10.6 Å². The van der Waals surface area contributed by atoms with E-state index in [9.17, 15) is 4.79 Å². The highest BCUT2D eigenvalue weighted by Crippen LogP contribution is 2.43. The fourth-order valence-corrected chi connectivity index (χ4v) is 3.87. The third-order valence-corrected chi connectivity index (χ3v) is 5.13. The average Bonchev–Trinajstić information content (AvgIpc) is 3.00. The summed E-state index contributed by atoms with van der Waals surface area (Å²) in [6.07, 6.45) is 4.66. The van der Waals surface area contributed by atoms with Gasteiger partial charge in [-0.25, -0.2) is 0 Å². The van der Waals surface area contributed by atoms with Gasteiger partial charge in [0, 0.05) is 13.1 Å². The first-order valence-corrected chi connectivity index (χ1v) is 8.42. The van der Waals surface area contributed by atoms with Gasteiger partial charge in [0.15, 0.2) is 0 Å². The quantitative estimate of drug-likeness (QED) is 0.784. The zero-order chi connectivity index (χ0) is 15.3. The minimum absolute atomic E-state index is 0. The van der Waals surface area contributed by atoms with Crippen LogP contribution in [0.15, 0.2) is 30.3 Å². The predicted molar refractivity (Wildman–Crippen MR) is 93.6 cm³/mol. The van der Waals surface area contributed by atoms with Crippen molar-refractivity contribution in [3.8, 4) is 0 Å². The molecule has 2 aliphatic rings. The molecule has 1 heterocycles. The zero-order valence-corrected chi connectivity index (χ0v) is 14.4. The van der Waals surface area contributed by atoms with E-state index in [0.29, 0.717) is 25.7 Å². The normalized spacial score (nSPS) is 26.2. The maximum Gasteiger partial charge on any atom is 0.227 e. The second kappa shape index (κ2) is 8.67. The minimum Gasteiger partial charge on any atom is -0.375 e. The largest absolute Gasteiger partial charge is 0.375 e. The standard InChI is InChI=1S/C18H26N2O2.ClH/c21-17(18-9-5-4-8-16(18)12-19-14-18)20-10-11-22-13-15-6-2-1-3-7-15;/h1-3,6-7,16,19H,4-5,8-14H2,(H,20,21);1H/t16-,18+;/m0./s1. The second-order valence-corrected chi connectivity index (χ2v) is 6.52. The number of benzene rings is 1. The Morgan fingerprint density at radius 1 is 1.30 bits per heavy atom. The van der Waals surface area contributed by atoms with E-state index in [1.807, 2.05) is 30.3 Å². The Hall–Kier alpha value is -1.10. The molecule has 0 spiro atoms. The van der Waals surface area contributed by atoms with E-state index in [2.05, 4.69) is 10.6 Å². The van der Waals surface area contributed by atoms with E-state index in [1.165, 1.54) is 24.8 Å². The van der Waals surface area contributed by atoms with E-state index in [-0.39, 0.29) is 23.7 Å². The van der Waals surface area contributed by atoms with Crippen molar-refractivity contribution >= 4 is 18.3 Å². The zero-order valence-electron chi connectivity index (χ0n) is 13.6. The Labute approximate surface area is 144 Å². The van der Waals surface area contributed by atoms with Gasteiger partial charge in [-0.1, -0.05) is 43.2 Å². The van der Waals surface area contributed by atoms with Crippen molar-refractivity contribution in [3.05, 3.63) is 35.9 Å². The van der Waals surface area contributed by atoms with Crippen LogP contribution in [0.4, 0.5) is 0 Å². The lowest BCUT2D eigenvalue weighted by molar-refractivity contribution is -0.134. The maximum absolute atomic E-state index is 12.6. The second-order valence-electron chi connectivity index (χ2n) is 6.52. The lowest BCUT2D eigenvalue weighted by Crippen LogP contribution is -2.48. The van der Waals surface area contributed by atoms with Crippen molar-refractivity contribution in [1.82, 2.24) is 10.6 Å². The summed E-state index contributed by atoms with van der Waals surface area (Å²) in [4.78, 5) is 12.6. The minimum atomic E-state index is -0.155. The van der Waals surface area contributed by atoms with E-state index < -0.39 is 0 Å². The number of rotatable bonds is 6. The van der Waals surface area contributed by atoms with Crippen LogP contribution >= 0.6 is 12.4 Å². The Morgan fingerprint density at radius 2 is 2.13 bits per heavy atom. The molecule has 2 fully saturated rings. The summed E-state index contributed by atoms with van der Waals surface area (Å²) in [5, 5.41) is 6.51. The van der Waals surface area contributed by atoms with Crippen LogP contribution in [0, 0.1) is 11.3 Å². The predicted octanol–water partition coefficient (Wildman–Crippen LogP) is 2.52. The van der Waals surface area contributed by atoms with Crippen LogP contribution in [-0.4, -0.2) is 32.1 Å². The topological polar surface area (TPSA) is 50.4 Å². The van der Waals surface area contributed by atoms with Gasteiger partial charge in [0.25, 0.3) is 0 Å². The molecule has 1 amide bonds. The molecule has 2 atom stereocenters. The molecule has 1 aromatic rings. The number of fused-ring (bicyclic) bond motifs is 1. The van der Waals surface area contributed by atoms with E-state index in [1.54, 1.807) is 0 Å². The third-order valence-electron chi connectivity index (χ3n) is 5.13. The molecule has 1 aliphatic carbocycles. The Bertz CT molecular complexity index is 497. The van der Waals surface area contributed by atoms with Crippen molar-refractivity contribution in [2.45, 2.75) is 32.3 Å². The first-order chi connectivity index (χ1) is 10.8. The molecule has 5 heteroatoms. The van der Waals surface area contributed by atoms with E-state index >= 15 is 0 Å². The van der Waals surface area contributed by atoms with Gasteiger partial charge in [0.1, 0.15) is 0 Å². The van der Waals surface area contributed by atoms with Crippen LogP contribution in [0.5, 0.6) is 0 Å². The SMILES string of the molecule is Cl.O=C(NCCOCc1ccccc1)[C@@]12CCCC[C@H]1CNC2. The van der Waals surface area contributed by atoms with Gasteiger partial charge >= 0.3 is 0 Å². The third kappa shape index (κ3) is 4.25. The summed E-state index contributed by atoms with van der Waals surface area (Å²) >= 11 is 0. The number of hydrogen-bond acceptors (Lipinski definition) is 3. The van der Waals surface area contributed by atoms with Crippen molar-refractivity contribution in [3.63, 3.8) is 0 Å². The molecule has 2 N–H and O–H groups in total. The van der Waals surface area contributed by atoms with Crippen LogP contribution in [0.2, 0.25) is 0 Å². The van der Waals surface area contributed by atoms with Gasteiger partial charge in [-0.15, -0.1) is 12.4 Å². The van der Waals surface area contributed by atoms with Gasteiger partial charge in [0.2, 0.25) is 5.91 Å². The molecule has 0 bridgehead atoms. The van der Waals surface area contributed by atoms with Gasteiger partial charge in [-0.2, -0.15) is 0 Å². The van der Waals surface area contributed by atoms with E-state index in [4.69, 9.17) is 4.74 Å². The smallest absolute Gasteiger partial charge is 0.227 e. The molecule has 0 unspecified atom stereocenters. The molecular formula is C18H27ClN2O2. The highest BCUT2D eigenvalue weighted by atomic mass is 35.5.